The van der Waals surface area contributed by atoms with Gasteiger partial charge in [-0.1, -0.05) is 29.8 Å². The zero-order chi connectivity index (χ0) is 21.6. The molecule has 2 heterocycles. The highest BCUT2D eigenvalue weighted by atomic mass is 35.5. The lowest BCUT2D eigenvalue weighted by Crippen LogP contribution is -2.49. The summed E-state index contributed by atoms with van der Waals surface area (Å²) in [7, 11) is 0. The maximum Gasteiger partial charge on any atom is 0.341 e. The Labute approximate surface area is 184 Å². The molecule has 0 fully saturated rings. The van der Waals surface area contributed by atoms with Crippen molar-refractivity contribution in [1.82, 2.24) is 16.2 Å². The summed E-state index contributed by atoms with van der Waals surface area (Å²) in [6.07, 6.45) is 1.78. The Morgan fingerprint density at radius 1 is 1.03 bits per heavy atom. The molecular formula is C22H21ClN4O4. The number of halogens is 1. The van der Waals surface area contributed by atoms with Crippen molar-refractivity contribution in [2.45, 2.75) is 19.5 Å². The number of nitrogens with one attached hydrogen (secondary N) is 3. The van der Waals surface area contributed by atoms with Crippen molar-refractivity contribution in [2.24, 2.45) is 0 Å². The molecule has 160 valence electrons. The molecule has 0 saturated heterocycles. The number of para-hydroxylation sites is 1. The fourth-order valence-corrected chi connectivity index (χ4v) is 3.32. The van der Waals surface area contributed by atoms with Gasteiger partial charge in [0.15, 0.2) is 5.75 Å². The summed E-state index contributed by atoms with van der Waals surface area (Å²) in [5, 5.41) is 3.57. The van der Waals surface area contributed by atoms with Gasteiger partial charge in [0.2, 0.25) is 5.91 Å². The van der Waals surface area contributed by atoms with E-state index in [1.807, 2.05) is 30.3 Å². The number of urea groups is 1. The molecule has 0 spiro atoms. The lowest BCUT2D eigenvalue weighted by molar-refractivity contribution is -0.121. The van der Waals surface area contributed by atoms with Crippen LogP contribution in [0.2, 0.25) is 5.02 Å². The van der Waals surface area contributed by atoms with Crippen LogP contribution in [0.3, 0.4) is 0 Å². The first-order valence-corrected chi connectivity index (χ1v) is 10.1. The lowest BCUT2D eigenvalue weighted by atomic mass is 10.2. The molecule has 4 rings (SSSR count). The molecule has 9 heteroatoms. The smallest absolute Gasteiger partial charge is 0.341 e. The SMILES string of the molecule is O=C(CCNCc1ccco1)NNC(=O)N1Cc2ccccc2Oc2ccc(Cl)cc21. The Hall–Kier alpha value is -3.49. The van der Waals surface area contributed by atoms with Gasteiger partial charge >= 0.3 is 6.03 Å². The van der Waals surface area contributed by atoms with Gasteiger partial charge in [-0.2, -0.15) is 0 Å². The molecular weight excluding hydrogens is 420 g/mol. The first kappa shape index (κ1) is 20.8. The number of carbonyl (C=O) groups is 2. The van der Waals surface area contributed by atoms with E-state index in [1.165, 1.54) is 4.90 Å². The van der Waals surface area contributed by atoms with Gasteiger partial charge in [0, 0.05) is 23.6 Å². The number of hydrogen-bond acceptors (Lipinski definition) is 5. The number of furan rings is 1. The molecule has 8 nitrogen and oxygen atoms in total. The minimum absolute atomic E-state index is 0.190. The first-order chi connectivity index (χ1) is 15.1. The predicted octanol–water partition coefficient (Wildman–Crippen LogP) is 3.97. The van der Waals surface area contributed by atoms with Crippen molar-refractivity contribution in [3.8, 4) is 11.5 Å². The average Bonchev–Trinajstić information content (AvgIpc) is 3.23. The van der Waals surface area contributed by atoms with Crippen LogP contribution in [-0.4, -0.2) is 18.5 Å². The summed E-state index contributed by atoms with van der Waals surface area (Å²) < 4.78 is 11.2. The van der Waals surface area contributed by atoms with Gasteiger partial charge < -0.3 is 14.5 Å². The molecule has 0 unspecified atom stereocenters. The highest BCUT2D eigenvalue weighted by molar-refractivity contribution is 6.31. The van der Waals surface area contributed by atoms with E-state index < -0.39 is 6.03 Å². The van der Waals surface area contributed by atoms with E-state index in [9.17, 15) is 9.59 Å². The van der Waals surface area contributed by atoms with Crippen LogP contribution in [0, 0.1) is 0 Å². The van der Waals surface area contributed by atoms with Crippen molar-refractivity contribution in [2.75, 3.05) is 11.4 Å². The number of hydrazine groups is 1. The molecule has 0 radical (unpaired) electrons. The minimum Gasteiger partial charge on any atom is -0.468 e. The third kappa shape index (κ3) is 5.17. The maximum atomic E-state index is 12.9. The Morgan fingerprint density at radius 3 is 2.74 bits per heavy atom. The third-order valence-corrected chi connectivity index (χ3v) is 4.93. The molecule has 1 aliphatic heterocycles. The van der Waals surface area contributed by atoms with E-state index in [0.717, 1.165) is 11.3 Å². The van der Waals surface area contributed by atoms with Crippen LogP contribution in [0.15, 0.2) is 65.3 Å². The van der Waals surface area contributed by atoms with E-state index in [-0.39, 0.29) is 18.9 Å². The Kier molecular flexibility index (Phi) is 6.40. The Morgan fingerprint density at radius 2 is 1.90 bits per heavy atom. The van der Waals surface area contributed by atoms with Crippen LogP contribution < -0.4 is 25.8 Å². The van der Waals surface area contributed by atoms with Crippen LogP contribution in [0.1, 0.15) is 17.7 Å². The first-order valence-electron chi connectivity index (χ1n) is 9.75. The quantitative estimate of drug-likeness (QED) is 0.412. The molecule has 0 atom stereocenters. The van der Waals surface area contributed by atoms with Crippen LogP contribution >= 0.6 is 11.6 Å². The second-order valence-corrected chi connectivity index (χ2v) is 7.33. The van der Waals surface area contributed by atoms with Crippen molar-refractivity contribution in [3.63, 3.8) is 0 Å². The van der Waals surface area contributed by atoms with Gasteiger partial charge in [-0.25, -0.2) is 10.2 Å². The topological polar surface area (TPSA) is 95.8 Å². The van der Waals surface area contributed by atoms with Gasteiger partial charge in [0.05, 0.1) is 25.0 Å². The third-order valence-electron chi connectivity index (χ3n) is 4.69. The molecule has 31 heavy (non-hydrogen) atoms. The molecule has 0 bridgehead atoms. The Bertz CT molecular complexity index is 1070. The van der Waals surface area contributed by atoms with E-state index in [4.69, 9.17) is 20.8 Å². The van der Waals surface area contributed by atoms with Crippen LogP contribution in [0.25, 0.3) is 0 Å². The van der Waals surface area contributed by atoms with Crippen molar-refractivity contribution < 1.29 is 18.7 Å². The zero-order valence-electron chi connectivity index (χ0n) is 16.6. The van der Waals surface area contributed by atoms with Gasteiger partial charge in [-0.3, -0.25) is 15.1 Å². The van der Waals surface area contributed by atoms with Crippen molar-refractivity contribution in [1.29, 1.82) is 0 Å². The maximum absolute atomic E-state index is 12.9. The number of hydrogen-bond donors (Lipinski definition) is 3. The second kappa shape index (κ2) is 9.55. The molecule has 1 aromatic heterocycles. The van der Waals surface area contributed by atoms with E-state index in [0.29, 0.717) is 35.3 Å². The second-order valence-electron chi connectivity index (χ2n) is 6.89. The summed E-state index contributed by atoms with van der Waals surface area (Å²) in [4.78, 5) is 26.5. The molecule has 3 N–H and O–H groups in total. The van der Waals surface area contributed by atoms with Crippen LogP contribution in [-0.2, 0) is 17.9 Å². The average molecular weight is 441 g/mol. The summed E-state index contributed by atoms with van der Waals surface area (Å²) in [6.45, 7) is 1.22. The highest BCUT2D eigenvalue weighted by Crippen LogP contribution is 2.40. The number of benzene rings is 2. The summed E-state index contributed by atoms with van der Waals surface area (Å²) >= 11 is 6.15. The standard InChI is InChI=1S/C22H21ClN4O4/c23-16-7-8-20-18(12-16)27(14-15-4-1-2-6-19(15)31-20)22(29)26-25-21(28)9-10-24-13-17-5-3-11-30-17/h1-8,11-12,24H,9-10,13-14H2,(H,25,28)(H,26,29). The molecule has 2 aromatic carbocycles. The van der Waals surface area contributed by atoms with Crippen LogP contribution in [0.5, 0.6) is 11.5 Å². The number of rotatable bonds is 5. The van der Waals surface area contributed by atoms with Crippen LogP contribution in [0.4, 0.5) is 10.5 Å². The van der Waals surface area contributed by atoms with E-state index in [1.54, 1.807) is 30.5 Å². The number of amides is 3. The number of fused-ring (bicyclic) bond motifs is 2. The van der Waals surface area contributed by atoms with E-state index in [2.05, 4.69) is 16.2 Å². The fourth-order valence-electron chi connectivity index (χ4n) is 3.16. The number of ether oxygens (including phenoxy) is 1. The molecule has 1 aliphatic rings. The number of carbonyl (C=O) groups excluding carboxylic acids is 2. The van der Waals surface area contributed by atoms with Crippen molar-refractivity contribution >= 4 is 29.2 Å². The number of nitrogens with zero attached hydrogens (tertiary/aromatic N) is 1. The van der Waals surface area contributed by atoms with Crippen molar-refractivity contribution in [3.05, 3.63) is 77.2 Å². The molecule has 0 saturated carbocycles. The predicted molar refractivity (Wildman–Crippen MR) is 116 cm³/mol. The molecule has 3 aromatic rings. The van der Waals surface area contributed by atoms with Gasteiger partial charge in [0.25, 0.3) is 0 Å². The highest BCUT2D eigenvalue weighted by Gasteiger charge is 2.26. The fraction of sp³-hybridized carbons (Fsp3) is 0.182. The largest absolute Gasteiger partial charge is 0.468 e. The lowest BCUT2D eigenvalue weighted by Gasteiger charge is -2.22. The summed E-state index contributed by atoms with van der Waals surface area (Å²) in [5.74, 6) is 1.62. The number of anilines is 1. The normalized spacial score (nSPS) is 12.2. The molecule has 0 aliphatic carbocycles. The minimum atomic E-state index is -0.499. The van der Waals surface area contributed by atoms with Gasteiger partial charge in [0.1, 0.15) is 11.5 Å². The molecule has 3 amide bonds. The zero-order valence-corrected chi connectivity index (χ0v) is 17.3. The van der Waals surface area contributed by atoms with Gasteiger partial charge in [-0.15, -0.1) is 0 Å². The summed E-state index contributed by atoms with van der Waals surface area (Å²) in [5.41, 5.74) is 6.26. The monoisotopic (exact) mass is 440 g/mol. The Balaban J connectivity index is 1.37. The van der Waals surface area contributed by atoms with Gasteiger partial charge in [-0.05, 0) is 36.4 Å². The van der Waals surface area contributed by atoms with E-state index >= 15 is 0 Å². The summed E-state index contributed by atoms with van der Waals surface area (Å²) in [6, 6.07) is 15.7.